The number of methoxy groups -OCH3 is 1. The van der Waals surface area contributed by atoms with E-state index in [9.17, 15) is 18.0 Å². The molecule has 1 aromatic heterocycles. The number of amides is 1. The monoisotopic (exact) mass is 386 g/mol. The van der Waals surface area contributed by atoms with Crippen LogP contribution in [0.15, 0.2) is 30.5 Å². The van der Waals surface area contributed by atoms with Gasteiger partial charge in [0, 0.05) is 13.7 Å². The molecule has 1 atom stereocenters. The Morgan fingerprint density at radius 1 is 1.31 bits per heavy atom. The van der Waals surface area contributed by atoms with Crippen LogP contribution >= 0.6 is 11.8 Å². The minimum Gasteiger partial charge on any atom is -0.383 e. The highest BCUT2D eigenvalue weighted by atomic mass is 32.2. The Balaban J connectivity index is 1.69. The fourth-order valence-electron chi connectivity index (χ4n) is 2.62. The van der Waals surface area contributed by atoms with E-state index < -0.39 is 11.7 Å². The Kier molecular flexibility index (Phi) is 5.52. The lowest BCUT2D eigenvalue weighted by Crippen LogP contribution is -2.31. The summed E-state index contributed by atoms with van der Waals surface area (Å²) in [7, 11) is 1.57. The molecular weight excluding hydrogens is 369 g/mol. The molecule has 3 rings (SSSR count). The Morgan fingerprint density at radius 3 is 2.69 bits per heavy atom. The summed E-state index contributed by atoms with van der Waals surface area (Å²) in [6.07, 6.45) is -2.63. The van der Waals surface area contributed by atoms with Gasteiger partial charge in [-0.15, -0.1) is 16.9 Å². The third-order valence-corrected chi connectivity index (χ3v) is 5.16. The zero-order valence-corrected chi connectivity index (χ0v) is 14.8. The average molecular weight is 386 g/mol. The van der Waals surface area contributed by atoms with E-state index in [2.05, 4.69) is 10.3 Å². The first kappa shape index (κ1) is 18.7. The lowest BCUT2D eigenvalue weighted by Gasteiger charge is -2.21. The van der Waals surface area contributed by atoms with E-state index >= 15 is 0 Å². The summed E-state index contributed by atoms with van der Waals surface area (Å²) >= 11 is 1.47. The fraction of sp³-hybridized carbons (Fsp3) is 0.438. The number of ether oxygens (including phenoxy) is 1. The number of thioether (sulfide) groups is 1. The van der Waals surface area contributed by atoms with Crippen molar-refractivity contribution in [1.82, 2.24) is 19.9 Å². The topological polar surface area (TPSA) is 60.2 Å². The van der Waals surface area contributed by atoms with Gasteiger partial charge in [-0.1, -0.05) is 17.3 Å². The molecule has 1 unspecified atom stereocenters. The van der Waals surface area contributed by atoms with Gasteiger partial charge < -0.3 is 9.64 Å². The molecule has 6 nitrogen and oxygen atoms in total. The van der Waals surface area contributed by atoms with Crippen molar-refractivity contribution in [2.75, 3.05) is 26.0 Å². The summed E-state index contributed by atoms with van der Waals surface area (Å²) in [4.78, 5) is 13.7. The van der Waals surface area contributed by atoms with Gasteiger partial charge in [0.15, 0.2) is 0 Å². The van der Waals surface area contributed by atoms with E-state index in [-0.39, 0.29) is 11.3 Å². The van der Waals surface area contributed by atoms with Crippen molar-refractivity contribution >= 4 is 17.7 Å². The van der Waals surface area contributed by atoms with Gasteiger partial charge in [-0.3, -0.25) is 4.79 Å². The number of aromatic nitrogens is 3. The van der Waals surface area contributed by atoms with Crippen LogP contribution in [0, 0.1) is 0 Å². The second kappa shape index (κ2) is 7.67. The molecule has 1 saturated heterocycles. The second-order valence-corrected chi connectivity index (χ2v) is 6.85. The molecular formula is C16H17F3N4O2S. The highest BCUT2D eigenvalue weighted by Crippen LogP contribution is 2.37. The van der Waals surface area contributed by atoms with Crippen LogP contribution in [-0.2, 0) is 22.3 Å². The number of carbonyl (C=O) groups is 1. The Morgan fingerprint density at radius 2 is 2.04 bits per heavy atom. The highest BCUT2D eigenvalue weighted by Gasteiger charge is 2.34. The van der Waals surface area contributed by atoms with Crippen LogP contribution < -0.4 is 0 Å². The number of carbonyl (C=O) groups excluding carboxylic acids is 1. The minimum atomic E-state index is -4.35. The van der Waals surface area contributed by atoms with Gasteiger partial charge in [0.2, 0.25) is 5.91 Å². The maximum absolute atomic E-state index is 12.6. The molecule has 0 bridgehead atoms. The molecule has 2 aromatic rings. The Hall–Kier alpha value is -2.07. The van der Waals surface area contributed by atoms with Gasteiger partial charge in [-0.25, -0.2) is 4.68 Å². The predicted octanol–water partition coefficient (Wildman–Crippen LogP) is 2.57. The molecule has 1 amide bonds. The largest absolute Gasteiger partial charge is 0.416 e. The summed E-state index contributed by atoms with van der Waals surface area (Å²) in [5, 5.41) is 7.93. The summed E-state index contributed by atoms with van der Waals surface area (Å²) in [5.41, 5.74) is 0.639. The van der Waals surface area contributed by atoms with Crippen LogP contribution in [0.3, 0.4) is 0 Å². The lowest BCUT2D eigenvalue weighted by atomic mass is 10.1. The molecule has 140 valence electrons. The smallest absolute Gasteiger partial charge is 0.383 e. The van der Waals surface area contributed by atoms with Gasteiger partial charge >= 0.3 is 6.18 Å². The third-order valence-electron chi connectivity index (χ3n) is 3.94. The summed E-state index contributed by atoms with van der Waals surface area (Å²) < 4.78 is 44.4. The molecule has 0 spiro atoms. The SMILES string of the molecule is COCCN1C(=O)CSC1c1cn(Cc2ccc(C(F)(F)F)cc2)nn1. The summed E-state index contributed by atoms with van der Waals surface area (Å²) in [6, 6.07) is 4.93. The van der Waals surface area contributed by atoms with Crippen LogP contribution in [0.2, 0.25) is 0 Å². The lowest BCUT2D eigenvalue weighted by molar-refractivity contribution is -0.137. The van der Waals surface area contributed by atoms with Crippen molar-refractivity contribution in [3.63, 3.8) is 0 Å². The van der Waals surface area contributed by atoms with Crippen molar-refractivity contribution in [2.45, 2.75) is 18.1 Å². The summed E-state index contributed by atoms with van der Waals surface area (Å²) in [5.74, 6) is 0.398. The quantitative estimate of drug-likeness (QED) is 0.764. The number of hydrogen-bond donors (Lipinski definition) is 0. The molecule has 10 heteroatoms. The number of alkyl halides is 3. The van der Waals surface area contributed by atoms with Gasteiger partial charge in [-0.2, -0.15) is 13.2 Å². The zero-order valence-electron chi connectivity index (χ0n) is 13.9. The van der Waals surface area contributed by atoms with Crippen molar-refractivity contribution in [2.24, 2.45) is 0 Å². The van der Waals surface area contributed by atoms with Crippen molar-refractivity contribution in [3.05, 3.63) is 47.3 Å². The van der Waals surface area contributed by atoms with Crippen LogP contribution in [-0.4, -0.2) is 51.8 Å². The van der Waals surface area contributed by atoms with Crippen molar-refractivity contribution in [3.8, 4) is 0 Å². The normalized spacial score (nSPS) is 17.9. The second-order valence-electron chi connectivity index (χ2n) is 5.78. The standard InChI is InChI=1S/C16H17F3N4O2S/c1-25-7-6-23-14(24)10-26-15(23)13-9-22(21-20-13)8-11-2-4-12(5-3-11)16(17,18)19/h2-5,9,15H,6-8,10H2,1H3. The molecule has 0 radical (unpaired) electrons. The minimum absolute atomic E-state index is 0.0225. The third kappa shape index (κ3) is 4.18. The first-order chi connectivity index (χ1) is 12.4. The van der Waals surface area contributed by atoms with Crippen LogP contribution in [0.4, 0.5) is 13.2 Å². The zero-order chi connectivity index (χ0) is 18.7. The first-order valence-electron chi connectivity index (χ1n) is 7.84. The highest BCUT2D eigenvalue weighted by molar-refractivity contribution is 8.00. The molecule has 2 heterocycles. The van der Waals surface area contributed by atoms with Crippen molar-refractivity contribution < 1.29 is 22.7 Å². The molecule has 1 fully saturated rings. The van der Waals surface area contributed by atoms with E-state index in [0.29, 0.717) is 36.7 Å². The van der Waals surface area contributed by atoms with E-state index in [1.165, 1.54) is 23.9 Å². The maximum Gasteiger partial charge on any atom is 0.416 e. The maximum atomic E-state index is 12.6. The molecule has 1 aromatic carbocycles. The molecule has 0 saturated carbocycles. The van der Waals surface area contributed by atoms with E-state index in [4.69, 9.17) is 4.74 Å². The van der Waals surface area contributed by atoms with Gasteiger partial charge in [-0.05, 0) is 17.7 Å². The molecule has 26 heavy (non-hydrogen) atoms. The predicted molar refractivity (Wildman–Crippen MR) is 89.4 cm³/mol. The average Bonchev–Trinajstić information content (AvgIpc) is 3.19. The number of halogens is 3. The van der Waals surface area contributed by atoms with Gasteiger partial charge in [0.05, 0.1) is 30.7 Å². The van der Waals surface area contributed by atoms with E-state index in [0.717, 1.165) is 12.1 Å². The number of hydrogen-bond acceptors (Lipinski definition) is 5. The van der Waals surface area contributed by atoms with Gasteiger partial charge in [0.25, 0.3) is 0 Å². The number of rotatable bonds is 6. The van der Waals surface area contributed by atoms with Crippen molar-refractivity contribution in [1.29, 1.82) is 0 Å². The number of nitrogens with zero attached hydrogens (tertiary/aromatic N) is 4. The Labute approximate surface area is 152 Å². The van der Waals surface area contributed by atoms with E-state index in [1.54, 1.807) is 22.9 Å². The molecule has 0 aliphatic carbocycles. The first-order valence-corrected chi connectivity index (χ1v) is 8.89. The summed E-state index contributed by atoms with van der Waals surface area (Å²) in [6.45, 7) is 1.20. The van der Waals surface area contributed by atoms with Gasteiger partial charge in [0.1, 0.15) is 11.1 Å². The fourth-order valence-corrected chi connectivity index (χ4v) is 3.77. The number of benzene rings is 1. The molecule has 1 aliphatic heterocycles. The van der Waals surface area contributed by atoms with Crippen LogP contribution in [0.5, 0.6) is 0 Å². The Bertz CT molecular complexity index is 764. The van der Waals surface area contributed by atoms with Crippen LogP contribution in [0.1, 0.15) is 22.2 Å². The molecule has 1 aliphatic rings. The molecule has 0 N–H and O–H groups in total. The van der Waals surface area contributed by atoms with Crippen LogP contribution in [0.25, 0.3) is 0 Å². The van der Waals surface area contributed by atoms with E-state index in [1.807, 2.05) is 0 Å².